The van der Waals surface area contributed by atoms with Crippen LogP contribution in [-0.2, 0) is 10.0 Å². The lowest BCUT2D eigenvalue weighted by Gasteiger charge is -2.34. The van der Waals surface area contributed by atoms with E-state index in [1.165, 1.54) is 19.2 Å². The number of nitrogens with zero attached hydrogens (tertiary/aromatic N) is 3. The van der Waals surface area contributed by atoms with E-state index in [1.807, 2.05) is 12.1 Å². The van der Waals surface area contributed by atoms with Gasteiger partial charge in [-0.05, 0) is 60.7 Å². The van der Waals surface area contributed by atoms with Gasteiger partial charge in [-0.25, -0.2) is 13.4 Å². The number of aromatic nitrogens is 1. The Morgan fingerprint density at radius 2 is 1.53 bits per heavy atom. The van der Waals surface area contributed by atoms with Crippen molar-refractivity contribution >= 4 is 60.7 Å². The second-order valence-electron chi connectivity index (χ2n) is 9.59. The zero-order valence-corrected chi connectivity index (χ0v) is 26.5. The predicted molar refractivity (Wildman–Crippen MR) is 171 cm³/mol. The number of fused-ring (bicyclic) bond motifs is 1. The molecular weight excluding hydrogens is 614 g/mol. The monoisotopic (exact) mass is 647 g/mol. The van der Waals surface area contributed by atoms with Gasteiger partial charge < -0.3 is 24.4 Å². The molecule has 0 aliphatic carbocycles. The second kappa shape index (κ2) is 14.1. The van der Waals surface area contributed by atoms with Crippen molar-refractivity contribution in [2.45, 2.75) is 4.90 Å². The standard InChI is InChI=1S/C29H33N5O6S2.ClH/c1-38-22-8-10-23(11-9-22)42(36,37)32-21-6-4-20(5-7-21)28(35)30-14-15-33-16-18-34(19-17-33)29-31-26-24(39-2)12-13-25(40-3)27(26)41-29;/h4-13,32H,14-19H2,1-3H3,(H,30,35);1H. The fourth-order valence-corrected chi connectivity index (χ4v) is 6.85. The Morgan fingerprint density at radius 1 is 0.884 bits per heavy atom. The lowest BCUT2D eigenvalue weighted by Crippen LogP contribution is -2.48. The quantitative estimate of drug-likeness (QED) is 0.248. The molecule has 0 atom stereocenters. The number of ether oxygens (including phenoxy) is 3. The van der Waals surface area contributed by atoms with Gasteiger partial charge in [0.05, 0.1) is 26.2 Å². The summed E-state index contributed by atoms with van der Waals surface area (Å²) >= 11 is 1.60. The van der Waals surface area contributed by atoms with Gasteiger partial charge in [0.25, 0.3) is 15.9 Å². The number of thiazole rings is 1. The van der Waals surface area contributed by atoms with Crippen LogP contribution in [0.5, 0.6) is 17.2 Å². The number of anilines is 2. The van der Waals surface area contributed by atoms with E-state index in [4.69, 9.17) is 19.2 Å². The van der Waals surface area contributed by atoms with Gasteiger partial charge in [0.15, 0.2) is 5.13 Å². The maximum absolute atomic E-state index is 12.7. The molecule has 2 heterocycles. The van der Waals surface area contributed by atoms with Crippen molar-refractivity contribution < 1.29 is 27.4 Å². The summed E-state index contributed by atoms with van der Waals surface area (Å²) in [4.78, 5) is 22.2. The number of hydrogen-bond acceptors (Lipinski definition) is 10. The SMILES string of the molecule is COc1ccc(S(=O)(=O)Nc2ccc(C(=O)NCCN3CCN(c4nc5c(OC)ccc(OC)c5s4)CC3)cc2)cc1.Cl. The van der Waals surface area contributed by atoms with Gasteiger partial charge in [0, 0.05) is 50.5 Å². The minimum Gasteiger partial charge on any atom is -0.497 e. The molecule has 230 valence electrons. The van der Waals surface area contributed by atoms with Crippen molar-refractivity contribution in [3.63, 3.8) is 0 Å². The van der Waals surface area contributed by atoms with Crippen LogP contribution in [0, 0.1) is 0 Å². The van der Waals surface area contributed by atoms with Gasteiger partial charge in [-0.3, -0.25) is 14.4 Å². The molecule has 1 amide bonds. The molecule has 1 aromatic heterocycles. The van der Waals surface area contributed by atoms with Crippen LogP contribution < -0.4 is 29.1 Å². The topological polar surface area (TPSA) is 122 Å². The largest absolute Gasteiger partial charge is 0.497 e. The molecule has 1 aliphatic rings. The molecule has 5 rings (SSSR count). The molecule has 3 aromatic carbocycles. The van der Waals surface area contributed by atoms with Crippen LogP contribution in [0.15, 0.2) is 65.6 Å². The summed E-state index contributed by atoms with van der Waals surface area (Å²) in [6, 6.07) is 16.2. The molecule has 1 aliphatic heterocycles. The van der Waals surface area contributed by atoms with Crippen LogP contribution >= 0.6 is 23.7 Å². The Morgan fingerprint density at radius 3 is 2.16 bits per heavy atom. The highest BCUT2D eigenvalue weighted by molar-refractivity contribution is 7.92. The summed E-state index contributed by atoms with van der Waals surface area (Å²) in [6.45, 7) is 4.58. The maximum Gasteiger partial charge on any atom is 0.261 e. The van der Waals surface area contributed by atoms with Crippen molar-refractivity contribution in [3.8, 4) is 17.2 Å². The highest BCUT2D eigenvalue weighted by Crippen LogP contribution is 2.40. The summed E-state index contributed by atoms with van der Waals surface area (Å²) < 4.78 is 44.9. The number of methoxy groups -OCH3 is 3. The normalized spacial score (nSPS) is 13.7. The van der Waals surface area contributed by atoms with Crippen molar-refractivity contribution in [1.29, 1.82) is 0 Å². The number of halogens is 1. The van der Waals surface area contributed by atoms with Crippen LogP contribution in [-0.4, -0.2) is 84.8 Å². The molecule has 14 heteroatoms. The van der Waals surface area contributed by atoms with E-state index in [2.05, 4.69) is 19.8 Å². The first-order valence-electron chi connectivity index (χ1n) is 13.4. The first-order valence-corrected chi connectivity index (χ1v) is 15.6. The van der Waals surface area contributed by atoms with Crippen molar-refractivity contribution in [1.82, 2.24) is 15.2 Å². The van der Waals surface area contributed by atoms with Gasteiger partial charge in [-0.15, -0.1) is 12.4 Å². The van der Waals surface area contributed by atoms with E-state index in [9.17, 15) is 13.2 Å². The third-order valence-electron chi connectivity index (χ3n) is 7.02. The van der Waals surface area contributed by atoms with E-state index in [0.717, 1.165) is 59.6 Å². The minimum atomic E-state index is -3.76. The van der Waals surface area contributed by atoms with Crippen LogP contribution in [0.4, 0.5) is 10.8 Å². The average Bonchev–Trinajstić information content (AvgIpc) is 3.47. The molecule has 0 spiro atoms. The highest BCUT2D eigenvalue weighted by Gasteiger charge is 2.22. The Kier molecular flexibility index (Phi) is 10.6. The Bertz CT molecular complexity index is 1600. The van der Waals surface area contributed by atoms with Gasteiger partial charge in [0.1, 0.15) is 27.5 Å². The molecular formula is C29H34ClN5O6S2. The lowest BCUT2D eigenvalue weighted by molar-refractivity contribution is 0.0948. The van der Waals surface area contributed by atoms with Crippen LogP contribution in [0.2, 0.25) is 0 Å². The average molecular weight is 648 g/mol. The maximum atomic E-state index is 12.7. The summed E-state index contributed by atoms with van der Waals surface area (Å²) in [5.74, 6) is 1.87. The number of nitrogens with one attached hydrogen (secondary N) is 2. The zero-order valence-electron chi connectivity index (χ0n) is 24.0. The van der Waals surface area contributed by atoms with Crippen LogP contribution in [0.3, 0.4) is 0 Å². The van der Waals surface area contributed by atoms with Gasteiger partial charge in [-0.1, -0.05) is 11.3 Å². The van der Waals surface area contributed by atoms with Crippen LogP contribution in [0.25, 0.3) is 10.2 Å². The van der Waals surface area contributed by atoms with Crippen LogP contribution in [0.1, 0.15) is 10.4 Å². The Hall–Kier alpha value is -3.78. The molecule has 43 heavy (non-hydrogen) atoms. The lowest BCUT2D eigenvalue weighted by atomic mass is 10.2. The highest BCUT2D eigenvalue weighted by atomic mass is 35.5. The fourth-order valence-electron chi connectivity index (χ4n) is 4.66. The van der Waals surface area contributed by atoms with E-state index in [-0.39, 0.29) is 23.2 Å². The summed E-state index contributed by atoms with van der Waals surface area (Å²) in [6.07, 6.45) is 0. The van der Waals surface area contributed by atoms with Gasteiger partial charge in [-0.2, -0.15) is 0 Å². The van der Waals surface area contributed by atoms with E-state index in [0.29, 0.717) is 23.5 Å². The number of hydrogen-bond donors (Lipinski definition) is 2. The first kappa shape index (κ1) is 32.1. The van der Waals surface area contributed by atoms with Gasteiger partial charge >= 0.3 is 0 Å². The Labute approximate surface area is 261 Å². The molecule has 1 saturated heterocycles. The molecule has 2 N–H and O–H groups in total. The fraction of sp³-hybridized carbons (Fsp3) is 0.310. The van der Waals surface area contributed by atoms with E-state index in [1.54, 1.807) is 62.0 Å². The number of sulfonamides is 1. The zero-order chi connectivity index (χ0) is 29.7. The first-order chi connectivity index (χ1) is 20.3. The van der Waals surface area contributed by atoms with Crippen molar-refractivity contribution in [2.75, 3.05) is 70.2 Å². The minimum absolute atomic E-state index is 0. The number of amides is 1. The summed E-state index contributed by atoms with van der Waals surface area (Å²) in [5.41, 5.74) is 1.63. The third-order valence-corrected chi connectivity index (χ3v) is 9.55. The number of rotatable bonds is 11. The molecule has 11 nitrogen and oxygen atoms in total. The van der Waals surface area contributed by atoms with Gasteiger partial charge in [0.2, 0.25) is 0 Å². The summed E-state index contributed by atoms with van der Waals surface area (Å²) in [5, 5.41) is 3.89. The number of carbonyl (C=O) groups excluding carboxylic acids is 1. The predicted octanol–water partition coefficient (Wildman–Crippen LogP) is 4.10. The molecule has 0 bridgehead atoms. The number of piperazine rings is 1. The number of benzene rings is 3. The molecule has 0 radical (unpaired) electrons. The third kappa shape index (κ3) is 7.42. The second-order valence-corrected chi connectivity index (χ2v) is 12.2. The molecule has 0 unspecified atom stereocenters. The van der Waals surface area contributed by atoms with Crippen molar-refractivity contribution in [2.24, 2.45) is 0 Å². The summed E-state index contributed by atoms with van der Waals surface area (Å²) in [7, 11) is 1.05. The Balaban J connectivity index is 0.00000423. The molecule has 0 saturated carbocycles. The van der Waals surface area contributed by atoms with E-state index >= 15 is 0 Å². The smallest absolute Gasteiger partial charge is 0.261 e. The molecule has 1 fully saturated rings. The van der Waals surface area contributed by atoms with Crippen molar-refractivity contribution in [3.05, 3.63) is 66.2 Å². The number of carbonyl (C=O) groups is 1. The molecule has 4 aromatic rings. The van der Waals surface area contributed by atoms with E-state index < -0.39 is 10.0 Å².